The summed E-state index contributed by atoms with van der Waals surface area (Å²) in [7, 11) is -1.82. The minimum absolute atomic E-state index is 0.0565. The Labute approximate surface area is 158 Å². The Kier molecular flexibility index (Phi) is 4.56. The number of sulfonamides is 1. The lowest BCUT2D eigenvalue weighted by Gasteiger charge is -2.31. The molecular formula is C18H22N6O2S. The molecule has 1 fully saturated rings. The van der Waals surface area contributed by atoms with E-state index in [0.29, 0.717) is 13.1 Å². The fourth-order valence-electron chi connectivity index (χ4n) is 3.48. The third kappa shape index (κ3) is 3.40. The molecule has 0 amide bonds. The summed E-state index contributed by atoms with van der Waals surface area (Å²) in [5.74, 6) is 1.72. The van der Waals surface area contributed by atoms with Crippen LogP contribution in [0.1, 0.15) is 30.3 Å². The first-order valence-corrected chi connectivity index (χ1v) is 10.3. The maximum Gasteiger partial charge on any atom is 0.262 e. The van der Waals surface area contributed by atoms with Gasteiger partial charge in [-0.2, -0.15) is 4.31 Å². The first-order chi connectivity index (χ1) is 12.9. The number of piperidine rings is 1. The van der Waals surface area contributed by atoms with Gasteiger partial charge in [0, 0.05) is 50.3 Å². The molecule has 0 saturated carbocycles. The Bertz CT molecular complexity index is 1060. The molecule has 0 aliphatic carbocycles. The molecule has 9 heteroatoms. The fourth-order valence-corrected chi connectivity index (χ4v) is 4.97. The van der Waals surface area contributed by atoms with Gasteiger partial charge < -0.3 is 4.57 Å². The summed E-state index contributed by atoms with van der Waals surface area (Å²) in [5, 5.41) is 0.0985. The molecule has 4 heterocycles. The average molecular weight is 386 g/mol. The minimum Gasteiger partial charge on any atom is -0.339 e. The van der Waals surface area contributed by atoms with E-state index in [1.54, 1.807) is 24.0 Å². The van der Waals surface area contributed by atoms with Gasteiger partial charge in [-0.25, -0.2) is 23.4 Å². The molecule has 0 N–H and O–H groups in total. The van der Waals surface area contributed by atoms with Crippen LogP contribution in [-0.2, 0) is 17.1 Å². The van der Waals surface area contributed by atoms with Gasteiger partial charge in [0.05, 0.1) is 6.33 Å². The zero-order valence-electron chi connectivity index (χ0n) is 15.4. The normalized spacial score (nSPS) is 18.7. The lowest BCUT2D eigenvalue weighted by atomic mass is 9.95. The monoisotopic (exact) mass is 386 g/mol. The predicted octanol–water partition coefficient (Wildman–Crippen LogP) is 1.88. The summed E-state index contributed by atoms with van der Waals surface area (Å²) in [6.45, 7) is 2.85. The van der Waals surface area contributed by atoms with Crippen molar-refractivity contribution in [1.82, 2.24) is 28.4 Å². The Balaban J connectivity index is 1.60. The number of rotatable bonds is 4. The van der Waals surface area contributed by atoms with Crippen LogP contribution in [0.5, 0.6) is 0 Å². The molecule has 3 aromatic rings. The highest BCUT2D eigenvalue weighted by molar-refractivity contribution is 7.89. The lowest BCUT2D eigenvalue weighted by molar-refractivity contribution is 0.312. The van der Waals surface area contributed by atoms with Crippen molar-refractivity contribution in [3.05, 3.63) is 54.6 Å². The highest BCUT2D eigenvalue weighted by Gasteiger charge is 2.32. The zero-order valence-corrected chi connectivity index (χ0v) is 16.2. The lowest BCUT2D eigenvalue weighted by Crippen LogP contribution is -2.39. The summed E-state index contributed by atoms with van der Waals surface area (Å²) in [6.07, 6.45) is 8.37. The first kappa shape index (κ1) is 17.9. The van der Waals surface area contributed by atoms with Crippen LogP contribution in [0.4, 0.5) is 0 Å². The number of aromatic nitrogens is 5. The Morgan fingerprint density at radius 3 is 2.78 bits per heavy atom. The smallest absolute Gasteiger partial charge is 0.262 e. The molecule has 142 valence electrons. The number of nitrogens with zero attached hydrogens (tertiary/aromatic N) is 6. The van der Waals surface area contributed by atoms with Crippen LogP contribution < -0.4 is 0 Å². The van der Waals surface area contributed by atoms with E-state index in [0.717, 1.165) is 30.2 Å². The maximum absolute atomic E-state index is 12.9. The molecule has 0 unspecified atom stereocenters. The van der Waals surface area contributed by atoms with E-state index in [2.05, 4.69) is 9.97 Å². The van der Waals surface area contributed by atoms with Gasteiger partial charge >= 0.3 is 0 Å². The zero-order chi connectivity index (χ0) is 19.0. The minimum atomic E-state index is -3.58. The number of hydrogen-bond acceptors (Lipinski definition) is 5. The van der Waals surface area contributed by atoms with E-state index in [1.165, 1.54) is 10.6 Å². The Morgan fingerprint density at radius 1 is 1.22 bits per heavy atom. The van der Waals surface area contributed by atoms with E-state index >= 15 is 0 Å². The quantitative estimate of drug-likeness (QED) is 0.683. The molecule has 0 radical (unpaired) electrons. The molecule has 4 rings (SSSR count). The number of aryl methyl sites for hydroxylation is 2. The molecular weight excluding hydrogens is 364 g/mol. The highest BCUT2D eigenvalue weighted by Crippen LogP contribution is 2.29. The molecule has 0 aromatic carbocycles. The van der Waals surface area contributed by atoms with Crippen LogP contribution in [0, 0.1) is 6.92 Å². The Hall–Kier alpha value is -2.52. The second kappa shape index (κ2) is 6.90. The van der Waals surface area contributed by atoms with Crippen molar-refractivity contribution in [2.45, 2.75) is 30.7 Å². The molecule has 1 aliphatic heterocycles. The van der Waals surface area contributed by atoms with E-state index in [9.17, 15) is 8.42 Å². The van der Waals surface area contributed by atoms with Gasteiger partial charge in [-0.3, -0.25) is 4.57 Å². The van der Waals surface area contributed by atoms with Crippen molar-refractivity contribution >= 4 is 10.0 Å². The summed E-state index contributed by atoms with van der Waals surface area (Å²) < 4.78 is 30.9. The molecule has 1 aliphatic rings. The summed E-state index contributed by atoms with van der Waals surface area (Å²) >= 11 is 0. The molecule has 27 heavy (non-hydrogen) atoms. The van der Waals surface area contributed by atoms with Crippen LogP contribution in [0.3, 0.4) is 0 Å². The molecule has 8 nitrogen and oxygen atoms in total. The standard InChI is InChI=1S/C18H22N6O2S/c1-14-19-8-10-24(14)17-7-3-6-16(21-17)15-5-4-9-23(11-15)27(25,26)18-12-22(2)13-20-18/h3,6-8,10,12-13,15H,4-5,9,11H2,1-2H3/t15-/m0/s1. The maximum atomic E-state index is 12.9. The van der Waals surface area contributed by atoms with Crippen molar-refractivity contribution in [2.75, 3.05) is 13.1 Å². The molecule has 1 atom stereocenters. The third-order valence-corrected chi connectivity index (χ3v) is 6.67. The van der Waals surface area contributed by atoms with Crippen molar-refractivity contribution in [3.63, 3.8) is 0 Å². The number of pyridine rings is 1. The summed E-state index contributed by atoms with van der Waals surface area (Å²) in [4.78, 5) is 13.0. The number of hydrogen-bond donors (Lipinski definition) is 0. The van der Waals surface area contributed by atoms with Crippen LogP contribution in [-0.4, -0.2) is 49.9 Å². The predicted molar refractivity (Wildman–Crippen MR) is 100 cm³/mol. The van der Waals surface area contributed by atoms with E-state index in [-0.39, 0.29) is 10.9 Å². The van der Waals surface area contributed by atoms with Gasteiger partial charge in [-0.05, 0) is 31.9 Å². The highest BCUT2D eigenvalue weighted by atomic mass is 32.2. The fraction of sp³-hybridized carbons (Fsp3) is 0.389. The van der Waals surface area contributed by atoms with Crippen LogP contribution in [0.15, 0.2) is 48.1 Å². The second-order valence-electron chi connectivity index (χ2n) is 6.84. The third-order valence-electron chi connectivity index (χ3n) is 4.92. The average Bonchev–Trinajstić information content (AvgIpc) is 3.30. The Morgan fingerprint density at radius 2 is 2.07 bits per heavy atom. The van der Waals surface area contributed by atoms with Crippen molar-refractivity contribution < 1.29 is 8.42 Å². The van der Waals surface area contributed by atoms with Crippen molar-refractivity contribution in [3.8, 4) is 5.82 Å². The van der Waals surface area contributed by atoms with E-state index in [4.69, 9.17) is 4.98 Å². The van der Waals surface area contributed by atoms with Gasteiger partial charge in [-0.15, -0.1) is 0 Å². The number of imidazole rings is 2. The van der Waals surface area contributed by atoms with Crippen molar-refractivity contribution in [1.29, 1.82) is 0 Å². The first-order valence-electron chi connectivity index (χ1n) is 8.90. The van der Waals surface area contributed by atoms with Gasteiger partial charge in [-0.1, -0.05) is 6.07 Å². The van der Waals surface area contributed by atoms with E-state index < -0.39 is 10.0 Å². The summed E-state index contributed by atoms with van der Waals surface area (Å²) in [6, 6.07) is 5.87. The molecule has 0 spiro atoms. The summed E-state index contributed by atoms with van der Waals surface area (Å²) in [5.41, 5.74) is 0.904. The van der Waals surface area contributed by atoms with E-state index in [1.807, 2.05) is 35.9 Å². The topological polar surface area (TPSA) is 85.9 Å². The van der Waals surface area contributed by atoms with Crippen LogP contribution >= 0.6 is 0 Å². The van der Waals surface area contributed by atoms with Gasteiger partial charge in [0.25, 0.3) is 10.0 Å². The van der Waals surface area contributed by atoms with Crippen LogP contribution in [0.25, 0.3) is 5.82 Å². The second-order valence-corrected chi connectivity index (χ2v) is 8.73. The van der Waals surface area contributed by atoms with Crippen molar-refractivity contribution in [2.24, 2.45) is 7.05 Å². The van der Waals surface area contributed by atoms with Gasteiger partial charge in [0.2, 0.25) is 0 Å². The van der Waals surface area contributed by atoms with Crippen LogP contribution in [0.2, 0.25) is 0 Å². The molecule has 1 saturated heterocycles. The van der Waals surface area contributed by atoms with Gasteiger partial charge in [0.1, 0.15) is 11.6 Å². The van der Waals surface area contributed by atoms with Gasteiger partial charge in [0.15, 0.2) is 5.03 Å². The molecule has 0 bridgehead atoms. The molecule has 3 aromatic heterocycles. The largest absolute Gasteiger partial charge is 0.339 e. The SMILES string of the molecule is Cc1nccn1-c1cccc([C@H]2CCCN(S(=O)(=O)c3cn(C)cn3)C2)n1.